The molecule has 390 valence electrons. The van der Waals surface area contributed by atoms with Gasteiger partial charge in [0.1, 0.15) is 24.6 Å². The second-order valence-electron chi connectivity index (χ2n) is 19.9. The summed E-state index contributed by atoms with van der Waals surface area (Å²) in [5, 5.41) is 0. The Hall–Kier alpha value is -6.49. The minimum atomic E-state index is 0.502. The first-order valence-electron chi connectivity index (χ1n) is 25.8. The van der Waals surface area contributed by atoms with Gasteiger partial charge in [0.2, 0.25) is 0 Å². The molecule has 1 aliphatic heterocycles. The molecule has 0 unspecified atom stereocenters. The van der Waals surface area contributed by atoms with Crippen molar-refractivity contribution in [2.45, 2.75) is 173 Å². The van der Waals surface area contributed by atoms with Gasteiger partial charge < -0.3 is 9.97 Å². The predicted octanol–water partition coefficient (Wildman–Crippen LogP) is 16.1. The second kappa shape index (κ2) is 36.4. The van der Waals surface area contributed by atoms with Crippen molar-refractivity contribution in [2.75, 3.05) is 6.67 Å². The molecular formula is C61H91N11. The number of pyridine rings is 2. The number of hydrogen-bond acceptors (Lipinski definition) is 9. The summed E-state index contributed by atoms with van der Waals surface area (Å²) in [6.07, 6.45) is 14.5. The fourth-order valence-electron chi connectivity index (χ4n) is 5.99. The summed E-state index contributed by atoms with van der Waals surface area (Å²) in [4.78, 5) is 43.0. The average Bonchev–Trinajstić information content (AvgIpc) is 4.20. The lowest BCUT2D eigenvalue weighted by Crippen LogP contribution is -2.05. The second-order valence-corrected chi connectivity index (χ2v) is 19.9. The lowest BCUT2D eigenvalue weighted by molar-refractivity contribution is 0.794. The number of imidazole rings is 1. The molecule has 72 heavy (non-hydrogen) atoms. The number of nitrogens with zero attached hydrogens (tertiary/aromatic N) is 9. The van der Waals surface area contributed by atoms with Crippen LogP contribution >= 0.6 is 0 Å². The lowest BCUT2D eigenvalue weighted by Gasteiger charge is -2.03. The number of H-pyrrole nitrogens is 2. The first-order chi connectivity index (χ1) is 34.1. The molecule has 8 rings (SSSR count). The SMILES string of the molecule is CC(C)C1=NCN=C1.CC(C)c1ccc[nH]1.CC(C)c1ccccc1.CC(C)c1ccccn1.CC(C)c1ncc[nH]1.Cc1cc(C(C)C)ccn1.Cc1cc(C(C)C)ncn1.Cc1nccc(C(C)C)n1. The Morgan fingerprint density at radius 1 is 0.417 bits per heavy atom. The van der Waals surface area contributed by atoms with Crippen LogP contribution in [0.4, 0.5) is 0 Å². The molecule has 2 N–H and O–H groups in total. The van der Waals surface area contributed by atoms with Gasteiger partial charge in [0.25, 0.3) is 0 Å². The molecule has 11 nitrogen and oxygen atoms in total. The number of aryl methyl sites for hydroxylation is 3. The summed E-state index contributed by atoms with van der Waals surface area (Å²) >= 11 is 0. The van der Waals surface area contributed by atoms with Crippen molar-refractivity contribution in [3.8, 4) is 0 Å². The largest absolute Gasteiger partial charge is 0.365 e. The molecule has 0 saturated carbocycles. The summed E-state index contributed by atoms with van der Waals surface area (Å²) < 4.78 is 0. The van der Waals surface area contributed by atoms with E-state index in [0.717, 1.165) is 45.8 Å². The summed E-state index contributed by atoms with van der Waals surface area (Å²) in [7, 11) is 0. The van der Waals surface area contributed by atoms with Crippen LogP contribution in [0.1, 0.15) is 209 Å². The quantitative estimate of drug-likeness (QED) is 0.154. The molecule has 0 saturated heterocycles. The molecule has 1 aliphatic rings. The zero-order chi connectivity index (χ0) is 54.0. The maximum absolute atomic E-state index is 4.26. The molecule has 1 aromatic carbocycles. The van der Waals surface area contributed by atoms with Crippen LogP contribution in [0.2, 0.25) is 0 Å². The number of hydrogen-bond donors (Lipinski definition) is 2. The van der Waals surface area contributed by atoms with E-state index in [0.29, 0.717) is 54.0 Å². The van der Waals surface area contributed by atoms with Gasteiger partial charge >= 0.3 is 0 Å². The fraction of sp³-hybridized carbons (Fsp3) is 0.459. The number of benzene rings is 1. The number of rotatable bonds is 8. The van der Waals surface area contributed by atoms with E-state index in [9.17, 15) is 0 Å². The minimum Gasteiger partial charge on any atom is -0.365 e. The van der Waals surface area contributed by atoms with Gasteiger partial charge in [-0.3, -0.25) is 20.0 Å². The maximum Gasteiger partial charge on any atom is 0.129 e. The Kier molecular flexibility index (Phi) is 32.1. The molecule has 0 spiro atoms. The summed E-state index contributed by atoms with van der Waals surface area (Å²) in [6, 6.07) is 28.8. The normalized spacial score (nSPS) is 11.1. The third-order valence-electron chi connectivity index (χ3n) is 10.6. The van der Waals surface area contributed by atoms with Gasteiger partial charge in [0.15, 0.2) is 0 Å². The molecule has 0 amide bonds. The Labute approximate surface area is 436 Å². The van der Waals surface area contributed by atoms with Crippen molar-refractivity contribution in [2.24, 2.45) is 15.9 Å². The number of aliphatic imine (C=N–C) groups is 2. The zero-order valence-electron chi connectivity index (χ0n) is 47.6. The molecule has 7 aromatic rings. The number of aromatic nitrogens is 9. The van der Waals surface area contributed by atoms with E-state index in [1.807, 2.05) is 94.2 Å². The fourth-order valence-corrected chi connectivity index (χ4v) is 5.99. The van der Waals surface area contributed by atoms with Crippen molar-refractivity contribution in [1.29, 1.82) is 0 Å². The van der Waals surface area contributed by atoms with Crippen molar-refractivity contribution < 1.29 is 0 Å². The van der Waals surface area contributed by atoms with Gasteiger partial charge in [0.05, 0.1) is 5.71 Å². The van der Waals surface area contributed by atoms with Crippen LogP contribution in [0.25, 0.3) is 0 Å². The van der Waals surface area contributed by atoms with Crippen LogP contribution in [0.5, 0.6) is 0 Å². The predicted molar refractivity (Wildman–Crippen MR) is 307 cm³/mol. The third-order valence-corrected chi connectivity index (χ3v) is 10.6. The van der Waals surface area contributed by atoms with Crippen LogP contribution < -0.4 is 0 Å². The minimum absolute atomic E-state index is 0.502. The maximum atomic E-state index is 4.26. The Balaban J connectivity index is 0.000000412. The highest BCUT2D eigenvalue weighted by Gasteiger charge is 2.04. The van der Waals surface area contributed by atoms with E-state index in [2.05, 4.69) is 208 Å². The molecule has 7 heterocycles. The smallest absolute Gasteiger partial charge is 0.129 e. The highest BCUT2D eigenvalue weighted by molar-refractivity contribution is 6.32. The van der Waals surface area contributed by atoms with E-state index in [4.69, 9.17) is 0 Å². The molecule has 0 fully saturated rings. The monoisotopic (exact) mass is 978 g/mol. The average molecular weight is 978 g/mol. The molecule has 6 aromatic heterocycles. The zero-order valence-corrected chi connectivity index (χ0v) is 47.6. The number of aromatic amines is 2. The third kappa shape index (κ3) is 29.0. The van der Waals surface area contributed by atoms with E-state index in [1.165, 1.54) is 16.8 Å². The van der Waals surface area contributed by atoms with E-state index < -0.39 is 0 Å². The van der Waals surface area contributed by atoms with Gasteiger partial charge in [-0.2, -0.15) is 0 Å². The standard InChI is InChI=1S/C9H13N.C9H12.2C8H12N2.C8H11N.C7H11N.2C6H10N2/c1-7(2)9-4-5-10-8(3)6-9;1-8(2)9-6-4-3-5-7-9;1-6(2)8-4-7(3)9-5-10-8;1-6(2)8-4-5-9-7(3)10-8;1-7(2)8-5-3-4-6-9-8;1-6(2)7-4-3-5-8-7;1-5(2)6-3-7-4-8-6;1-5(2)6-7-3-4-8-6/h4-7H,1-3H3;3-8H,1-2H3;2*4-6H,1-3H3;3-7H,1-2H3;3-6,8H,1-2H3;3,5H,4H2,1-2H3;3-5H,1-2H3,(H,7,8). The topological polar surface area (TPSA) is 147 Å². The van der Waals surface area contributed by atoms with Gasteiger partial charge in [-0.25, -0.2) is 24.9 Å². The van der Waals surface area contributed by atoms with Crippen molar-refractivity contribution in [3.05, 3.63) is 185 Å². The molecule has 0 bridgehead atoms. The summed E-state index contributed by atoms with van der Waals surface area (Å²) in [6.45, 7) is 40.9. The van der Waals surface area contributed by atoms with Crippen molar-refractivity contribution >= 4 is 11.9 Å². The van der Waals surface area contributed by atoms with E-state index >= 15 is 0 Å². The van der Waals surface area contributed by atoms with Gasteiger partial charge in [-0.1, -0.05) is 147 Å². The van der Waals surface area contributed by atoms with Crippen molar-refractivity contribution in [3.63, 3.8) is 0 Å². The first-order valence-corrected chi connectivity index (χ1v) is 25.8. The summed E-state index contributed by atoms with van der Waals surface area (Å²) in [5.41, 5.74) is 10.8. The lowest BCUT2D eigenvalue weighted by atomic mass is 10.0. The Morgan fingerprint density at radius 3 is 1.38 bits per heavy atom. The van der Waals surface area contributed by atoms with Crippen LogP contribution in [-0.4, -0.2) is 63.5 Å². The highest BCUT2D eigenvalue weighted by atomic mass is 15.0. The number of nitrogens with one attached hydrogen (secondary N) is 2. The summed E-state index contributed by atoms with van der Waals surface area (Å²) in [5.74, 6) is 6.43. The van der Waals surface area contributed by atoms with Crippen LogP contribution in [0, 0.1) is 26.7 Å². The molecule has 0 atom stereocenters. The van der Waals surface area contributed by atoms with Crippen LogP contribution in [0.15, 0.2) is 138 Å². The van der Waals surface area contributed by atoms with Crippen LogP contribution in [-0.2, 0) is 0 Å². The Morgan fingerprint density at radius 2 is 1.04 bits per heavy atom. The van der Waals surface area contributed by atoms with E-state index in [-0.39, 0.29) is 0 Å². The molecule has 0 radical (unpaired) electrons. The Bertz CT molecular complexity index is 2230. The van der Waals surface area contributed by atoms with E-state index in [1.54, 1.807) is 18.7 Å². The van der Waals surface area contributed by atoms with Crippen LogP contribution in [0.3, 0.4) is 0 Å². The van der Waals surface area contributed by atoms with Gasteiger partial charge in [-0.05, 0) is 122 Å². The van der Waals surface area contributed by atoms with Gasteiger partial charge in [0, 0.05) is 83.5 Å². The van der Waals surface area contributed by atoms with Crippen molar-refractivity contribution in [1.82, 2.24) is 44.9 Å². The molecular weight excluding hydrogens is 887 g/mol. The highest BCUT2D eigenvalue weighted by Crippen LogP contribution is 2.15. The first kappa shape index (κ1) is 63.5. The molecule has 0 aliphatic carbocycles. The molecule has 11 heteroatoms. The van der Waals surface area contributed by atoms with Gasteiger partial charge in [-0.15, -0.1) is 0 Å².